The number of benzene rings is 1. The zero-order chi connectivity index (χ0) is 21.4. The van der Waals surface area contributed by atoms with Gasteiger partial charge in [-0.15, -0.1) is 0 Å². The maximum absolute atomic E-state index is 12.4. The second-order valence-electron chi connectivity index (χ2n) is 6.59. The van der Waals surface area contributed by atoms with E-state index in [2.05, 4.69) is 17.3 Å². The van der Waals surface area contributed by atoms with Crippen molar-refractivity contribution in [2.45, 2.75) is 40.5 Å². The minimum absolute atomic E-state index is 0.290. The van der Waals surface area contributed by atoms with Gasteiger partial charge in [0.25, 0.3) is 5.91 Å². The van der Waals surface area contributed by atoms with Crippen molar-refractivity contribution in [3.63, 3.8) is 0 Å². The van der Waals surface area contributed by atoms with Gasteiger partial charge in [-0.25, -0.2) is 4.79 Å². The van der Waals surface area contributed by atoms with E-state index in [0.29, 0.717) is 36.1 Å². The van der Waals surface area contributed by atoms with Gasteiger partial charge >= 0.3 is 5.97 Å². The van der Waals surface area contributed by atoms with E-state index >= 15 is 0 Å². The van der Waals surface area contributed by atoms with Crippen LogP contribution in [0.15, 0.2) is 18.2 Å². The van der Waals surface area contributed by atoms with Crippen LogP contribution in [0.2, 0.25) is 0 Å². The van der Waals surface area contributed by atoms with Crippen LogP contribution in [-0.4, -0.2) is 41.5 Å². The summed E-state index contributed by atoms with van der Waals surface area (Å²) in [6.45, 7) is 8.20. The van der Waals surface area contributed by atoms with Crippen LogP contribution in [0.3, 0.4) is 0 Å². The van der Waals surface area contributed by atoms with Crippen LogP contribution in [0, 0.1) is 13.8 Å². The number of carbonyl (C=O) groups excluding carboxylic acids is 2. The van der Waals surface area contributed by atoms with Crippen LogP contribution in [0.4, 0.5) is 5.69 Å². The Balaban J connectivity index is 1.98. The van der Waals surface area contributed by atoms with Gasteiger partial charge in [0.15, 0.2) is 18.1 Å². The molecule has 2 aromatic rings. The fourth-order valence-electron chi connectivity index (χ4n) is 2.69. The molecule has 0 bridgehead atoms. The highest BCUT2D eigenvalue weighted by molar-refractivity contribution is 5.96. The number of unbranched alkanes of at least 4 members (excludes halogenated alkanes) is 1. The van der Waals surface area contributed by atoms with E-state index in [1.807, 2.05) is 13.8 Å². The number of aromatic nitrogens is 2. The fourth-order valence-corrected chi connectivity index (χ4v) is 2.69. The average Bonchev–Trinajstić information content (AvgIpc) is 2.93. The minimum Gasteiger partial charge on any atom is -0.490 e. The van der Waals surface area contributed by atoms with Crippen LogP contribution in [0.1, 0.15) is 48.4 Å². The number of amides is 1. The van der Waals surface area contributed by atoms with E-state index in [1.54, 1.807) is 36.9 Å². The number of carbonyl (C=O) groups is 2. The first kappa shape index (κ1) is 22.3. The monoisotopic (exact) mass is 403 g/mol. The molecule has 29 heavy (non-hydrogen) atoms. The predicted molar refractivity (Wildman–Crippen MR) is 110 cm³/mol. The lowest BCUT2D eigenvalue weighted by molar-refractivity contribution is -0.119. The predicted octanol–water partition coefficient (Wildman–Crippen LogP) is 3.41. The van der Waals surface area contributed by atoms with Crippen molar-refractivity contribution in [1.82, 2.24) is 9.78 Å². The number of aryl methyl sites for hydroxylation is 2. The zero-order valence-electron chi connectivity index (χ0n) is 17.7. The van der Waals surface area contributed by atoms with Crippen LogP contribution >= 0.6 is 0 Å². The molecule has 0 atom stereocenters. The molecule has 0 saturated heterocycles. The van der Waals surface area contributed by atoms with Crippen LogP contribution in [0.5, 0.6) is 11.5 Å². The third-order valence-corrected chi connectivity index (χ3v) is 4.34. The van der Waals surface area contributed by atoms with Gasteiger partial charge < -0.3 is 19.5 Å². The van der Waals surface area contributed by atoms with Crippen molar-refractivity contribution in [1.29, 1.82) is 0 Å². The number of hydrogen-bond donors (Lipinski definition) is 1. The Morgan fingerprint density at radius 3 is 2.52 bits per heavy atom. The van der Waals surface area contributed by atoms with E-state index in [-0.39, 0.29) is 5.56 Å². The van der Waals surface area contributed by atoms with E-state index in [0.717, 1.165) is 18.5 Å². The van der Waals surface area contributed by atoms with Crippen molar-refractivity contribution in [2.24, 2.45) is 7.05 Å². The smallest absolute Gasteiger partial charge is 0.338 e. The maximum Gasteiger partial charge on any atom is 0.338 e. The molecule has 2 rings (SSSR count). The summed E-state index contributed by atoms with van der Waals surface area (Å²) < 4.78 is 18.1. The second kappa shape index (κ2) is 10.5. The number of esters is 1. The summed E-state index contributed by atoms with van der Waals surface area (Å²) in [7, 11) is 1.80. The molecule has 1 aromatic heterocycles. The lowest BCUT2D eigenvalue weighted by atomic mass is 10.2. The summed E-state index contributed by atoms with van der Waals surface area (Å²) in [5.74, 6) is 0.0178. The standard InChI is InChI=1S/C21H29N3O5/c1-6-8-11-28-17-10-9-16(12-18(17)27-7-2)21(26)29-13-19(25)22-20-14(3)23-24(5)15(20)4/h9-10,12H,6-8,11,13H2,1-5H3,(H,22,25). The second-order valence-corrected chi connectivity index (χ2v) is 6.59. The molecular formula is C21H29N3O5. The highest BCUT2D eigenvalue weighted by Crippen LogP contribution is 2.29. The van der Waals surface area contributed by atoms with Gasteiger partial charge in [-0.2, -0.15) is 5.10 Å². The van der Waals surface area contributed by atoms with Crippen LogP contribution < -0.4 is 14.8 Å². The first-order chi connectivity index (χ1) is 13.9. The normalized spacial score (nSPS) is 10.5. The molecule has 0 aliphatic rings. The summed E-state index contributed by atoms with van der Waals surface area (Å²) in [6, 6.07) is 4.85. The Morgan fingerprint density at radius 1 is 1.14 bits per heavy atom. The average molecular weight is 403 g/mol. The van der Waals surface area contributed by atoms with Crippen molar-refractivity contribution >= 4 is 17.6 Å². The van der Waals surface area contributed by atoms with Crippen molar-refractivity contribution < 1.29 is 23.8 Å². The lowest BCUT2D eigenvalue weighted by Gasteiger charge is -2.13. The lowest BCUT2D eigenvalue weighted by Crippen LogP contribution is -2.21. The summed E-state index contributed by atoms with van der Waals surface area (Å²) in [6.07, 6.45) is 1.95. The van der Waals surface area contributed by atoms with E-state index < -0.39 is 18.5 Å². The highest BCUT2D eigenvalue weighted by Gasteiger charge is 2.16. The van der Waals surface area contributed by atoms with Crippen LogP contribution in [0.25, 0.3) is 0 Å². The van der Waals surface area contributed by atoms with Gasteiger partial charge in [0, 0.05) is 7.05 Å². The molecule has 8 heteroatoms. The quantitative estimate of drug-likeness (QED) is 0.483. The van der Waals surface area contributed by atoms with Crippen molar-refractivity contribution in [3.8, 4) is 11.5 Å². The molecule has 0 spiro atoms. The molecule has 1 amide bonds. The third kappa shape index (κ3) is 5.97. The molecule has 8 nitrogen and oxygen atoms in total. The van der Waals surface area contributed by atoms with Gasteiger partial charge in [0.05, 0.1) is 35.9 Å². The third-order valence-electron chi connectivity index (χ3n) is 4.34. The molecule has 0 unspecified atom stereocenters. The molecule has 0 aliphatic heterocycles. The largest absolute Gasteiger partial charge is 0.490 e. The minimum atomic E-state index is -0.610. The molecule has 0 fully saturated rings. The maximum atomic E-state index is 12.4. The topological polar surface area (TPSA) is 91.7 Å². The Kier molecular flexibility index (Phi) is 8.06. The van der Waals surface area contributed by atoms with Crippen molar-refractivity contribution in [2.75, 3.05) is 25.1 Å². The van der Waals surface area contributed by atoms with E-state index in [4.69, 9.17) is 14.2 Å². The molecule has 1 heterocycles. The number of nitrogens with one attached hydrogen (secondary N) is 1. The zero-order valence-corrected chi connectivity index (χ0v) is 17.7. The van der Waals surface area contributed by atoms with Gasteiger partial charge in [0.2, 0.25) is 0 Å². The molecule has 0 aliphatic carbocycles. The van der Waals surface area contributed by atoms with Gasteiger partial charge in [0.1, 0.15) is 0 Å². The number of ether oxygens (including phenoxy) is 3. The summed E-state index contributed by atoms with van der Waals surface area (Å²) in [5.41, 5.74) is 2.44. The molecule has 1 aromatic carbocycles. The molecular weight excluding hydrogens is 374 g/mol. The SMILES string of the molecule is CCCCOc1ccc(C(=O)OCC(=O)Nc2c(C)nn(C)c2C)cc1OCC. The Labute approximate surface area is 171 Å². The van der Waals surface area contributed by atoms with Gasteiger partial charge in [-0.05, 0) is 45.4 Å². The number of rotatable bonds is 10. The Hall–Kier alpha value is -3.03. The van der Waals surface area contributed by atoms with Gasteiger partial charge in [-0.1, -0.05) is 13.3 Å². The first-order valence-electron chi connectivity index (χ1n) is 9.74. The van der Waals surface area contributed by atoms with Crippen molar-refractivity contribution in [3.05, 3.63) is 35.2 Å². The molecule has 0 radical (unpaired) electrons. The molecule has 0 saturated carbocycles. The number of hydrogen-bond acceptors (Lipinski definition) is 6. The van der Waals surface area contributed by atoms with E-state index in [1.165, 1.54) is 0 Å². The number of nitrogens with zero attached hydrogens (tertiary/aromatic N) is 2. The fraction of sp³-hybridized carbons (Fsp3) is 0.476. The highest BCUT2D eigenvalue weighted by atomic mass is 16.5. The van der Waals surface area contributed by atoms with E-state index in [9.17, 15) is 9.59 Å². The Morgan fingerprint density at radius 2 is 1.90 bits per heavy atom. The Bertz CT molecular complexity index is 860. The van der Waals surface area contributed by atoms with Crippen LogP contribution in [-0.2, 0) is 16.6 Å². The molecule has 1 N–H and O–H groups in total. The van der Waals surface area contributed by atoms with Gasteiger partial charge in [-0.3, -0.25) is 9.48 Å². The molecule has 158 valence electrons. The summed E-state index contributed by atoms with van der Waals surface area (Å²) in [5, 5.41) is 6.97. The summed E-state index contributed by atoms with van der Waals surface area (Å²) >= 11 is 0. The number of anilines is 1. The first-order valence-corrected chi connectivity index (χ1v) is 9.74. The summed E-state index contributed by atoms with van der Waals surface area (Å²) in [4.78, 5) is 24.5.